The topological polar surface area (TPSA) is 62.2 Å². The number of nitrogens with zero attached hydrogens (tertiary/aromatic N) is 1. The molecule has 4 heteroatoms. The van der Waals surface area contributed by atoms with Gasteiger partial charge in [0.2, 0.25) is 0 Å². The molecule has 0 aliphatic carbocycles. The molecule has 0 radical (unpaired) electrons. The van der Waals surface area contributed by atoms with E-state index in [9.17, 15) is 9.90 Å². The van der Waals surface area contributed by atoms with Crippen molar-refractivity contribution in [2.75, 3.05) is 5.32 Å². The number of phenols is 1. The normalized spacial score (nSPS) is 10.3. The van der Waals surface area contributed by atoms with Crippen molar-refractivity contribution in [2.45, 2.75) is 6.92 Å². The van der Waals surface area contributed by atoms with Crippen molar-refractivity contribution in [2.24, 2.45) is 0 Å². The van der Waals surface area contributed by atoms with E-state index in [1.807, 2.05) is 43.3 Å². The van der Waals surface area contributed by atoms with Crippen LogP contribution in [0.2, 0.25) is 0 Å². The van der Waals surface area contributed by atoms with E-state index in [1.165, 1.54) is 6.07 Å². The Morgan fingerprint density at radius 3 is 2.48 bits per heavy atom. The lowest BCUT2D eigenvalue weighted by molar-refractivity contribution is 0.102. The minimum Gasteiger partial charge on any atom is -0.508 e. The summed E-state index contributed by atoms with van der Waals surface area (Å²) in [4.78, 5) is 16.9. The molecule has 0 fully saturated rings. The van der Waals surface area contributed by atoms with Gasteiger partial charge in [0.15, 0.2) is 0 Å². The summed E-state index contributed by atoms with van der Waals surface area (Å²) in [6.45, 7) is 1.81. The molecule has 1 heterocycles. The average molecular weight is 304 g/mol. The van der Waals surface area contributed by atoms with Crippen LogP contribution in [0.1, 0.15) is 16.1 Å². The number of hydrogen-bond donors (Lipinski definition) is 2. The second-order valence-corrected chi connectivity index (χ2v) is 5.20. The van der Waals surface area contributed by atoms with Gasteiger partial charge in [0.1, 0.15) is 5.75 Å². The van der Waals surface area contributed by atoms with E-state index in [-0.39, 0.29) is 11.7 Å². The second-order valence-electron chi connectivity index (χ2n) is 5.20. The van der Waals surface area contributed by atoms with Crippen LogP contribution in [0.5, 0.6) is 5.75 Å². The Hall–Kier alpha value is -3.14. The van der Waals surface area contributed by atoms with E-state index >= 15 is 0 Å². The fraction of sp³-hybridized carbons (Fsp3) is 0.0526. The Kier molecular flexibility index (Phi) is 4.06. The van der Waals surface area contributed by atoms with Crippen LogP contribution in [0.25, 0.3) is 11.3 Å². The predicted octanol–water partition coefficient (Wildman–Crippen LogP) is 4.01. The molecule has 114 valence electrons. The average Bonchev–Trinajstić information content (AvgIpc) is 2.55. The van der Waals surface area contributed by atoms with Gasteiger partial charge < -0.3 is 10.4 Å². The number of phenolic OH excluding ortho intramolecular Hbond substituents is 1. The third-order valence-corrected chi connectivity index (χ3v) is 3.50. The SMILES string of the molecule is Cc1nc(-c2ccccc2)ccc1C(=O)Nc1cccc(O)c1. The first-order valence-corrected chi connectivity index (χ1v) is 7.27. The van der Waals surface area contributed by atoms with Gasteiger partial charge in [-0.25, -0.2) is 0 Å². The number of anilines is 1. The third kappa shape index (κ3) is 3.37. The summed E-state index contributed by atoms with van der Waals surface area (Å²) in [5, 5.41) is 12.2. The van der Waals surface area contributed by atoms with Gasteiger partial charge in [-0.05, 0) is 31.2 Å². The standard InChI is InChI=1S/C19H16N2O2/c1-13-17(19(23)21-15-8-5-9-16(22)12-15)10-11-18(20-13)14-6-3-2-4-7-14/h2-12,22H,1H3,(H,21,23). The van der Waals surface area contributed by atoms with Gasteiger partial charge >= 0.3 is 0 Å². The van der Waals surface area contributed by atoms with Crippen molar-refractivity contribution in [3.05, 3.63) is 78.0 Å². The monoisotopic (exact) mass is 304 g/mol. The zero-order valence-electron chi connectivity index (χ0n) is 12.7. The molecular weight excluding hydrogens is 288 g/mol. The number of aryl methyl sites for hydroxylation is 1. The van der Waals surface area contributed by atoms with Crippen LogP contribution in [0.4, 0.5) is 5.69 Å². The Morgan fingerprint density at radius 2 is 1.78 bits per heavy atom. The lowest BCUT2D eigenvalue weighted by atomic mass is 10.1. The van der Waals surface area contributed by atoms with Crippen molar-refractivity contribution in [3.63, 3.8) is 0 Å². The Balaban J connectivity index is 1.84. The number of aromatic nitrogens is 1. The molecule has 0 aliphatic rings. The van der Waals surface area contributed by atoms with Crippen molar-refractivity contribution in [1.82, 2.24) is 4.98 Å². The van der Waals surface area contributed by atoms with Gasteiger partial charge in [-0.1, -0.05) is 36.4 Å². The lowest BCUT2D eigenvalue weighted by Gasteiger charge is -2.09. The van der Waals surface area contributed by atoms with Crippen LogP contribution >= 0.6 is 0 Å². The predicted molar refractivity (Wildman–Crippen MR) is 90.5 cm³/mol. The number of amides is 1. The van der Waals surface area contributed by atoms with Crippen LogP contribution in [0.15, 0.2) is 66.7 Å². The smallest absolute Gasteiger partial charge is 0.257 e. The fourth-order valence-corrected chi connectivity index (χ4v) is 2.35. The van der Waals surface area contributed by atoms with E-state index in [0.717, 1.165) is 11.3 Å². The Morgan fingerprint density at radius 1 is 1.00 bits per heavy atom. The van der Waals surface area contributed by atoms with E-state index < -0.39 is 0 Å². The minimum absolute atomic E-state index is 0.108. The van der Waals surface area contributed by atoms with Gasteiger partial charge in [0, 0.05) is 17.3 Å². The highest BCUT2D eigenvalue weighted by Crippen LogP contribution is 2.20. The van der Waals surface area contributed by atoms with Gasteiger partial charge in [-0.2, -0.15) is 0 Å². The van der Waals surface area contributed by atoms with Gasteiger partial charge in [0.05, 0.1) is 17.0 Å². The second kappa shape index (κ2) is 6.32. The molecule has 23 heavy (non-hydrogen) atoms. The maximum Gasteiger partial charge on any atom is 0.257 e. The summed E-state index contributed by atoms with van der Waals surface area (Å²) in [6, 6.07) is 19.9. The van der Waals surface area contributed by atoms with Crippen molar-refractivity contribution in [1.29, 1.82) is 0 Å². The van der Waals surface area contributed by atoms with Gasteiger partial charge in [0.25, 0.3) is 5.91 Å². The molecule has 0 saturated carbocycles. The molecule has 0 atom stereocenters. The maximum absolute atomic E-state index is 12.4. The van der Waals surface area contributed by atoms with Crippen molar-refractivity contribution < 1.29 is 9.90 Å². The lowest BCUT2D eigenvalue weighted by Crippen LogP contribution is -2.14. The quantitative estimate of drug-likeness (QED) is 0.768. The minimum atomic E-state index is -0.250. The maximum atomic E-state index is 12.4. The van der Waals surface area contributed by atoms with Crippen molar-refractivity contribution >= 4 is 11.6 Å². The number of hydrogen-bond acceptors (Lipinski definition) is 3. The van der Waals surface area contributed by atoms with Gasteiger partial charge in [-0.3, -0.25) is 9.78 Å². The number of benzene rings is 2. The van der Waals surface area contributed by atoms with E-state index in [0.29, 0.717) is 16.9 Å². The number of aromatic hydroxyl groups is 1. The summed E-state index contributed by atoms with van der Waals surface area (Å²) < 4.78 is 0. The molecule has 0 spiro atoms. The first kappa shape index (κ1) is 14.8. The molecule has 0 unspecified atom stereocenters. The summed E-state index contributed by atoms with van der Waals surface area (Å²) >= 11 is 0. The molecule has 3 rings (SSSR count). The molecule has 3 aromatic rings. The van der Waals surface area contributed by atoms with Crippen LogP contribution < -0.4 is 5.32 Å². The van der Waals surface area contributed by atoms with Gasteiger partial charge in [-0.15, -0.1) is 0 Å². The molecule has 1 amide bonds. The fourth-order valence-electron chi connectivity index (χ4n) is 2.35. The molecular formula is C19H16N2O2. The van der Waals surface area contributed by atoms with Crippen LogP contribution in [-0.4, -0.2) is 16.0 Å². The molecule has 0 bridgehead atoms. The summed E-state index contributed by atoms with van der Waals surface area (Å²) in [5.41, 5.74) is 3.55. The molecule has 4 nitrogen and oxygen atoms in total. The Bertz CT molecular complexity index is 845. The number of carbonyl (C=O) groups excluding carboxylic acids is 1. The number of pyridine rings is 1. The summed E-state index contributed by atoms with van der Waals surface area (Å²) in [6.07, 6.45) is 0. The first-order chi connectivity index (χ1) is 11.1. The zero-order valence-corrected chi connectivity index (χ0v) is 12.7. The van der Waals surface area contributed by atoms with E-state index in [4.69, 9.17) is 0 Å². The van der Waals surface area contributed by atoms with E-state index in [2.05, 4.69) is 10.3 Å². The summed E-state index contributed by atoms with van der Waals surface area (Å²) in [7, 11) is 0. The van der Waals surface area contributed by atoms with E-state index in [1.54, 1.807) is 24.3 Å². The highest BCUT2D eigenvalue weighted by atomic mass is 16.3. The Labute approximate surface area is 134 Å². The number of nitrogens with one attached hydrogen (secondary N) is 1. The molecule has 2 N–H and O–H groups in total. The van der Waals surface area contributed by atoms with Crippen LogP contribution in [-0.2, 0) is 0 Å². The van der Waals surface area contributed by atoms with Crippen molar-refractivity contribution in [3.8, 4) is 17.0 Å². The molecule has 2 aromatic carbocycles. The largest absolute Gasteiger partial charge is 0.508 e. The number of rotatable bonds is 3. The molecule has 0 aliphatic heterocycles. The van der Waals surface area contributed by atoms with Crippen LogP contribution in [0.3, 0.4) is 0 Å². The molecule has 1 aromatic heterocycles. The van der Waals surface area contributed by atoms with Crippen LogP contribution in [0, 0.1) is 6.92 Å². The first-order valence-electron chi connectivity index (χ1n) is 7.27. The zero-order chi connectivity index (χ0) is 16.2. The third-order valence-electron chi connectivity index (χ3n) is 3.50. The highest BCUT2D eigenvalue weighted by Gasteiger charge is 2.12. The number of carbonyl (C=O) groups is 1. The summed E-state index contributed by atoms with van der Waals surface area (Å²) in [5.74, 6) is -0.141. The highest BCUT2D eigenvalue weighted by molar-refractivity contribution is 6.05. The molecule has 0 saturated heterocycles.